The van der Waals surface area contributed by atoms with E-state index in [2.05, 4.69) is 29.2 Å². The van der Waals surface area contributed by atoms with Crippen molar-refractivity contribution in [1.82, 2.24) is 4.90 Å². The molecule has 1 aliphatic rings. The van der Waals surface area contributed by atoms with Crippen LogP contribution in [-0.4, -0.2) is 35.2 Å². The average Bonchev–Trinajstić information content (AvgIpc) is 2.50. The van der Waals surface area contributed by atoms with E-state index >= 15 is 0 Å². The number of hydrogen-bond donors (Lipinski definition) is 2. The number of nitrogens with zero attached hydrogens (tertiary/aromatic N) is 1. The zero-order valence-corrected chi connectivity index (χ0v) is 10.5. The van der Waals surface area contributed by atoms with Gasteiger partial charge in [-0.3, -0.25) is 4.90 Å². The second kappa shape index (κ2) is 5.17. The van der Waals surface area contributed by atoms with Gasteiger partial charge >= 0.3 is 0 Å². The van der Waals surface area contributed by atoms with Crippen molar-refractivity contribution in [1.29, 1.82) is 0 Å². The Hall–Kier alpha value is -0.900. The maximum atomic E-state index is 10.0. The highest BCUT2D eigenvalue weighted by molar-refractivity contribution is 5.28. The van der Waals surface area contributed by atoms with Crippen molar-refractivity contribution in [2.75, 3.05) is 19.6 Å². The predicted octanol–water partition coefficient (Wildman–Crippen LogP) is 1.14. The van der Waals surface area contributed by atoms with Crippen molar-refractivity contribution in [2.45, 2.75) is 31.9 Å². The van der Waals surface area contributed by atoms with Crippen molar-refractivity contribution >= 4 is 0 Å². The molecule has 1 unspecified atom stereocenters. The molecule has 0 fully saturated rings. The highest BCUT2D eigenvalue weighted by atomic mass is 16.3. The summed E-state index contributed by atoms with van der Waals surface area (Å²) >= 11 is 0. The number of benzene rings is 1. The van der Waals surface area contributed by atoms with E-state index in [4.69, 9.17) is 5.73 Å². The number of hydrogen-bond acceptors (Lipinski definition) is 3. The van der Waals surface area contributed by atoms with Crippen molar-refractivity contribution in [3.05, 3.63) is 35.4 Å². The molecule has 2 rings (SSSR count). The molecule has 0 aromatic heterocycles. The van der Waals surface area contributed by atoms with Crippen LogP contribution < -0.4 is 5.73 Å². The SMILES string of the molecule is CC(O)(CN)CN1CCCc2ccccc2C1. The monoisotopic (exact) mass is 234 g/mol. The van der Waals surface area contributed by atoms with Gasteiger partial charge in [0, 0.05) is 19.6 Å². The van der Waals surface area contributed by atoms with Crippen LogP contribution in [0.4, 0.5) is 0 Å². The molecule has 0 aliphatic carbocycles. The van der Waals surface area contributed by atoms with Crippen LogP contribution in [-0.2, 0) is 13.0 Å². The van der Waals surface area contributed by atoms with E-state index in [9.17, 15) is 5.11 Å². The summed E-state index contributed by atoms with van der Waals surface area (Å²) in [5.74, 6) is 0. The van der Waals surface area contributed by atoms with Gasteiger partial charge in [0.05, 0.1) is 5.60 Å². The maximum absolute atomic E-state index is 10.0. The molecule has 0 amide bonds. The average molecular weight is 234 g/mol. The molecule has 0 saturated carbocycles. The number of rotatable bonds is 3. The van der Waals surface area contributed by atoms with Gasteiger partial charge in [0.2, 0.25) is 0 Å². The van der Waals surface area contributed by atoms with Crippen LogP contribution in [0, 0.1) is 0 Å². The van der Waals surface area contributed by atoms with Crippen molar-refractivity contribution < 1.29 is 5.11 Å². The third-order valence-electron chi connectivity index (χ3n) is 3.44. The quantitative estimate of drug-likeness (QED) is 0.824. The number of fused-ring (bicyclic) bond motifs is 1. The molecule has 1 atom stereocenters. The Morgan fingerprint density at radius 3 is 2.76 bits per heavy atom. The minimum absolute atomic E-state index is 0.311. The highest BCUT2D eigenvalue weighted by Gasteiger charge is 2.23. The fourth-order valence-electron chi connectivity index (χ4n) is 2.45. The fraction of sp³-hybridized carbons (Fsp3) is 0.571. The van der Waals surface area contributed by atoms with E-state index in [1.807, 2.05) is 6.92 Å². The normalized spacial score (nSPS) is 20.4. The maximum Gasteiger partial charge on any atom is 0.0867 e. The molecule has 1 aliphatic heterocycles. The van der Waals surface area contributed by atoms with E-state index < -0.39 is 5.60 Å². The van der Waals surface area contributed by atoms with Crippen LogP contribution in [0.3, 0.4) is 0 Å². The van der Waals surface area contributed by atoms with Crippen LogP contribution in [0.15, 0.2) is 24.3 Å². The highest BCUT2D eigenvalue weighted by Crippen LogP contribution is 2.19. The molecule has 1 aromatic rings. The molecule has 94 valence electrons. The predicted molar refractivity (Wildman–Crippen MR) is 69.7 cm³/mol. The lowest BCUT2D eigenvalue weighted by atomic mass is 10.0. The molecule has 3 N–H and O–H groups in total. The Bertz CT molecular complexity index is 376. The summed E-state index contributed by atoms with van der Waals surface area (Å²) in [4.78, 5) is 2.30. The molecule has 17 heavy (non-hydrogen) atoms. The van der Waals surface area contributed by atoms with Gasteiger partial charge in [0.25, 0.3) is 0 Å². The van der Waals surface area contributed by atoms with Crippen LogP contribution in [0.25, 0.3) is 0 Å². The van der Waals surface area contributed by atoms with E-state index in [0.29, 0.717) is 13.1 Å². The van der Waals surface area contributed by atoms with Crippen LogP contribution in [0.5, 0.6) is 0 Å². The van der Waals surface area contributed by atoms with Crippen molar-refractivity contribution in [2.24, 2.45) is 5.73 Å². The zero-order valence-electron chi connectivity index (χ0n) is 10.5. The molecule has 1 aromatic carbocycles. The Morgan fingerprint density at radius 1 is 1.35 bits per heavy atom. The molecule has 0 saturated heterocycles. The van der Waals surface area contributed by atoms with Crippen LogP contribution >= 0.6 is 0 Å². The Balaban J connectivity index is 2.08. The lowest BCUT2D eigenvalue weighted by Crippen LogP contribution is -2.45. The van der Waals surface area contributed by atoms with Gasteiger partial charge in [0.15, 0.2) is 0 Å². The second-order valence-electron chi connectivity index (χ2n) is 5.28. The van der Waals surface area contributed by atoms with E-state index in [1.165, 1.54) is 11.1 Å². The molecule has 3 nitrogen and oxygen atoms in total. The molecular weight excluding hydrogens is 212 g/mol. The van der Waals surface area contributed by atoms with Gasteiger partial charge in [-0.05, 0) is 37.4 Å². The molecule has 1 heterocycles. The number of β-amino-alcohol motifs (C(OH)–C–C–N with tert-alkyl or cyclic N) is 1. The van der Waals surface area contributed by atoms with E-state index in [1.54, 1.807) is 0 Å². The Labute approximate surface area is 103 Å². The summed E-state index contributed by atoms with van der Waals surface area (Å²) in [6.07, 6.45) is 2.29. The van der Waals surface area contributed by atoms with Gasteiger partial charge in [-0.25, -0.2) is 0 Å². The lowest BCUT2D eigenvalue weighted by Gasteiger charge is -2.29. The minimum Gasteiger partial charge on any atom is -0.388 e. The zero-order chi connectivity index (χ0) is 12.3. The van der Waals surface area contributed by atoms with E-state index in [0.717, 1.165) is 25.9 Å². The number of aryl methyl sites for hydroxylation is 1. The van der Waals surface area contributed by atoms with Gasteiger partial charge in [-0.2, -0.15) is 0 Å². The number of nitrogens with two attached hydrogens (primary N) is 1. The summed E-state index contributed by atoms with van der Waals surface area (Å²) in [6.45, 7) is 4.73. The first kappa shape index (κ1) is 12.6. The third kappa shape index (κ3) is 3.28. The summed E-state index contributed by atoms with van der Waals surface area (Å²) in [5.41, 5.74) is 7.64. The molecular formula is C14H22N2O. The first-order valence-electron chi connectivity index (χ1n) is 6.32. The van der Waals surface area contributed by atoms with Crippen molar-refractivity contribution in [3.8, 4) is 0 Å². The smallest absolute Gasteiger partial charge is 0.0867 e. The lowest BCUT2D eigenvalue weighted by molar-refractivity contribution is 0.0252. The molecule has 0 bridgehead atoms. The Kier molecular flexibility index (Phi) is 3.82. The van der Waals surface area contributed by atoms with Crippen molar-refractivity contribution in [3.63, 3.8) is 0 Å². The third-order valence-corrected chi connectivity index (χ3v) is 3.44. The standard InChI is InChI=1S/C14H22N2O/c1-14(17,10-15)11-16-8-4-7-12-5-2-3-6-13(12)9-16/h2-3,5-6,17H,4,7-11,15H2,1H3. The molecule has 0 radical (unpaired) electrons. The van der Waals surface area contributed by atoms with Gasteiger partial charge in [-0.1, -0.05) is 24.3 Å². The summed E-state index contributed by atoms with van der Waals surface area (Å²) in [6, 6.07) is 8.58. The van der Waals surface area contributed by atoms with E-state index in [-0.39, 0.29) is 0 Å². The van der Waals surface area contributed by atoms with Gasteiger partial charge in [0.1, 0.15) is 0 Å². The summed E-state index contributed by atoms with van der Waals surface area (Å²) < 4.78 is 0. The summed E-state index contributed by atoms with van der Waals surface area (Å²) in [5, 5.41) is 10.0. The second-order valence-corrected chi connectivity index (χ2v) is 5.28. The Morgan fingerprint density at radius 2 is 2.06 bits per heavy atom. The van der Waals surface area contributed by atoms with Crippen LogP contribution in [0.2, 0.25) is 0 Å². The first-order chi connectivity index (χ1) is 8.11. The van der Waals surface area contributed by atoms with Gasteiger partial charge < -0.3 is 10.8 Å². The largest absolute Gasteiger partial charge is 0.388 e. The molecule has 3 heteroatoms. The minimum atomic E-state index is -0.778. The fourth-order valence-corrected chi connectivity index (χ4v) is 2.45. The number of aliphatic hydroxyl groups is 1. The topological polar surface area (TPSA) is 49.5 Å². The van der Waals surface area contributed by atoms with Gasteiger partial charge in [-0.15, -0.1) is 0 Å². The van der Waals surface area contributed by atoms with Crippen LogP contribution in [0.1, 0.15) is 24.5 Å². The summed E-state index contributed by atoms with van der Waals surface area (Å²) in [7, 11) is 0. The first-order valence-corrected chi connectivity index (χ1v) is 6.32. The molecule has 0 spiro atoms.